The molecule has 2 aromatic heterocycles. The third-order valence-corrected chi connectivity index (χ3v) is 6.40. The minimum absolute atomic E-state index is 0.565. The molecule has 1 aliphatic heterocycles. The van der Waals surface area contributed by atoms with Gasteiger partial charge in [-0.25, -0.2) is 9.67 Å². The van der Waals surface area contributed by atoms with Crippen molar-refractivity contribution in [2.45, 2.75) is 26.8 Å². The molecular weight excluding hydrogens is 404 g/mol. The summed E-state index contributed by atoms with van der Waals surface area (Å²) in [6, 6.07) is 22.6. The maximum absolute atomic E-state index is 6.73. The Morgan fingerprint density at radius 1 is 0.935 bits per heavy atom. The second-order valence-corrected chi connectivity index (χ2v) is 9.27. The number of hydrogen-bond donors (Lipinski definition) is 0. The summed E-state index contributed by atoms with van der Waals surface area (Å²) in [6.07, 6.45) is 1.30. The molecule has 0 spiro atoms. The van der Waals surface area contributed by atoms with Gasteiger partial charge in [0.15, 0.2) is 5.65 Å². The topological polar surface area (TPSA) is 34.0 Å². The number of pyridine rings is 1. The maximum atomic E-state index is 6.73. The van der Waals surface area contributed by atoms with Gasteiger partial charge in [-0.3, -0.25) is 4.90 Å². The summed E-state index contributed by atoms with van der Waals surface area (Å²) in [5, 5.41) is 6.56. The SMILES string of the molecule is C[C@@H]1C[C@@H](C)CN(Cc2cc3c(-c4ccccc4)nn(-c4ccccc4)c3nc2Cl)C1. The van der Waals surface area contributed by atoms with Gasteiger partial charge < -0.3 is 0 Å². The van der Waals surface area contributed by atoms with Crippen LogP contribution in [-0.4, -0.2) is 32.8 Å². The zero-order valence-electron chi connectivity index (χ0n) is 18.0. The smallest absolute Gasteiger partial charge is 0.165 e. The molecule has 0 radical (unpaired) electrons. The van der Waals surface area contributed by atoms with E-state index < -0.39 is 0 Å². The third kappa shape index (κ3) is 4.10. The lowest BCUT2D eigenvalue weighted by atomic mass is 9.91. The fourth-order valence-corrected chi connectivity index (χ4v) is 5.09. The van der Waals surface area contributed by atoms with Gasteiger partial charge in [0.25, 0.3) is 0 Å². The van der Waals surface area contributed by atoms with Gasteiger partial charge in [-0.05, 0) is 36.5 Å². The molecule has 0 aliphatic carbocycles. The van der Waals surface area contributed by atoms with Crippen molar-refractivity contribution >= 4 is 22.6 Å². The quantitative estimate of drug-likeness (QED) is 0.360. The fourth-order valence-electron chi connectivity index (χ4n) is 4.89. The van der Waals surface area contributed by atoms with Gasteiger partial charge in [0.1, 0.15) is 10.8 Å². The lowest BCUT2D eigenvalue weighted by molar-refractivity contribution is 0.134. The first kappa shape index (κ1) is 20.2. The van der Waals surface area contributed by atoms with Crippen LogP contribution in [-0.2, 0) is 6.54 Å². The molecule has 2 atom stereocenters. The van der Waals surface area contributed by atoms with Gasteiger partial charge in [0.2, 0.25) is 0 Å². The number of halogens is 1. The number of piperidine rings is 1. The van der Waals surface area contributed by atoms with E-state index >= 15 is 0 Å². The highest BCUT2D eigenvalue weighted by Crippen LogP contribution is 2.33. The van der Waals surface area contributed by atoms with Crippen LogP contribution in [0.2, 0.25) is 5.15 Å². The van der Waals surface area contributed by atoms with Crippen molar-refractivity contribution < 1.29 is 0 Å². The first-order valence-electron chi connectivity index (χ1n) is 11.0. The molecule has 1 aliphatic rings. The Bertz CT molecular complexity index is 1180. The first-order valence-corrected chi connectivity index (χ1v) is 11.4. The van der Waals surface area contributed by atoms with Crippen molar-refractivity contribution in [2.24, 2.45) is 11.8 Å². The van der Waals surface area contributed by atoms with E-state index in [2.05, 4.69) is 36.9 Å². The van der Waals surface area contributed by atoms with Crippen LogP contribution in [0, 0.1) is 11.8 Å². The average Bonchev–Trinajstić information content (AvgIpc) is 3.13. The molecule has 0 N–H and O–H groups in total. The highest BCUT2D eigenvalue weighted by molar-refractivity contribution is 6.30. The summed E-state index contributed by atoms with van der Waals surface area (Å²) in [5.41, 5.74) is 4.85. The minimum Gasteiger partial charge on any atom is -0.298 e. The summed E-state index contributed by atoms with van der Waals surface area (Å²) in [4.78, 5) is 7.35. The van der Waals surface area contributed by atoms with E-state index in [9.17, 15) is 0 Å². The summed E-state index contributed by atoms with van der Waals surface area (Å²) < 4.78 is 1.90. The molecule has 1 fully saturated rings. The molecule has 0 amide bonds. The Hall–Kier alpha value is -2.69. The Morgan fingerprint density at radius 3 is 2.26 bits per heavy atom. The Balaban J connectivity index is 1.63. The van der Waals surface area contributed by atoms with Crippen LogP contribution in [0.5, 0.6) is 0 Å². The maximum Gasteiger partial charge on any atom is 0.165 e. The van der Waals surface area contributed by atoms with Crippen molar-refractivity contribution in [1.29, 1.82) is 0 Å². The number of rotatable bonds is 4. The molecule has 4 aromatic rings. The predicted molar refractivity (Wildman–Crippen MR) is 128 cm³/mol. The zero-order valence-corrected chi connectivity index (χ0v) is 18.8. The highest BCUT2D eigenvalue weighted by Gasteiger charge is 2.24. The zero-order chi connectivity index (χ0) is 21.4. The van der Waals surface area contributed by atoms with E-state index in [4.69, 9.17) is 21.7 Å². The lowest BCUT2D eigenvalue weighted by Gasteiger charge is -2.35. The number of likely N-dealkylation sites (tertiary alicyclic amines) is 1. The number of fused-ring (bicyclic) bond motifs is 1. The number of hydrogen-bond acceptors (Lipinski definition) is 3. The van der Waals surface area contributed by atoms with E-state index in [-0.39, 0.29) is 0 Å². The van der Waals surface area contributed by atoms with Gasteiger partial charge in [-0.15, -0.1) is 0 Å². The van der Waals surface area contributed by atoms with Gasteiger partial charge in [-0.1, -0.05) is 74.0 Å². The number of para-hydroxylation sites is 1. The summed E-state index contributed by atoms with van der Waals surface area (Å²) in [5.74, 6) is 1.42. The summed E-state index contributed by atoms with van der Waals surface area (Å²) in [6.45, 7) is 7.70. The highest BCUT2D eigenvalue weighted by atomic mass is 35.5. The van der Waals surface area contributed by atoms with E-state index in [1.165, 1.54) is 6.42 Å². The van der Waals surface area contributed by atoms with Gasteiger partial charge in [0.05, 0.1) is 5.69 Å². The molecule has 0 saturated carbocycles. The molecule has 3 heterocycles. The number of aromatic nitrogens is 3. The summed E-state index contributed by atoms with van der Waals surface area (Å²) in [7, 11) is 0. The third-order valence-electron chi connectivity index (χ3n) is 6.07. The molecular formula is C26H27ClN4. The standard InChI is InChI=1S/C26H27ClN4/c1-18-13-19(2)16-30(15-18)17-21-14-23-24(20-9-5-3-6-10-20)29-31(26(23)28-25(21)27)22-11-7-4-8-12-22/h3-12,14,18-19H,13,15-17H2,1-2H3/t18-,19-/m1/s1. The van der Waals surface area contributed by atoms with Crippen LogP contribution in [0.3, 0.4) is 0 Å². The molecule has 31 heavy (non-hydrogen) atoms. The largest absolute Gasteiger partial charge is 0.298 e. The Morgan fingerprint density at radius 2 is 1.58 bits per heavy atom. The second-order valence-electron chi connectivity index (χ2n) is 8.91. The first-order chi connectivity index (χ1) is 15.1. The van der Waals surface area contributed by atoms with Crippen molar-refractivity contribution in [3.8, 4) is 16.9 Å². The van der Waals surface area contributed by atoms with Crippen LogP contribution in [0.1, 0.15) is 25.8 Å². The van der Waals surface area contributed by atoms with Crippen LogP contribution in [0.25, 0.3) is 28.0 Å². The van der Waals surface area contributed by atoms with Crippen LogP contribution in [0.15, 0.2) is 66.7 Å². The Labute approximate surface area is 188 Å². The van der Waals surface area contributed by atoms with E-state index in [0.717, 1.165) is 53.2 Å². The van der Waals surface area contributed by atoms with Crippen LogP contribution in [0.4, 0.5) is 0 Å². The summed E-state index contributed by atoms with van der Waals surface area (Å²) >= 11 is 6.73. The molecule has 1 saturated heterocycles. The predicted octanol–water partition coefficient (Wildman–Crippen LogP) is 6.22. The molecule has 2 aromatic carbocycles. The molecule has 0 unspecified atom stereocenters. The number of nitrogens with zero attached hydrogens (tertiary/aromatic N) is 4. The molecule has 5 heteroatoms. The monoisotopic (exact) mass is 430 g/mol. The van der Waals surface area contributed by atoms with Gasteiger partial charge in [-0.2, -0.15) is 5.10 Å². The van der Waals surface area contributed by atoms with E-state index in [0.29, 0.717) is 17.0 Å². The second kappa shape index (κ2) is 8.45. The van der Waals surface area contributed by atoms with Crippen molar-refractivity contribution in [3.05, 3.63) is 77.4 Å². The molecule has 0 bridgehead atoms. The Kier molecular flexibility index (Phi) is 5.51. The van der Waals surface area contributed by atoms with Gasteiger partial charge in [0, 0.05) is 36.1 Å². The van der Waals surface area contributed by atoms with Crippen LogP contribution < -0.4 is 0 Å². The fraction of sp³-hybridized carbons (Fsp3) is 0.308. The number of benzene rings is 2. The average molecular weight is 431 g/mol. The minimum atomic E-state index is 0.565. The lowest BCUT2D eigenvalue weighted by Crippen LogP contribution is -2.38. The van der Waals surface area contributed by atoms with E-state index in [1.54, 1.807) is 0 Å². The molecule has 4 nitrogen and oxygen atoms in total. The van der Waals surface area contributed by atoms with Crippen molar-refractivity contribution in [2.75, 3.05) is 13.1 Å². The van der Waals surface area contributed by atoms with Crippen molar-refractivity contribution in [1.82, 2.24) is 19.7 Å². The molecule has 158 valence electrons. The van der Waals surface area contributed by atoms with E-state index in [1.807, 2.05) is 53.2 Å². The van der Waals surface area contributed by atoms with Gasteiger partial charge >= 0.3 is 0 Å². The molecule has 5 rings (SSSR count). The van der Waals surface area contributed by atoms with Crippen molar-refractivity contribution in [3.63, 3.8) is 0 Å². The normalized spacial score (nSPS) is 19.7. The van der Waals surface area contributed by atoms with Crippen LogP contribution >= 0.6 is 11.6 Å².